The summed E-state index contributed by atoms with van der Waals surface area (Å²) in [6.07, 6.45) is -0.910. The number of benzene rings is 3. The summed E-state index contributed by atoms with van der Waals surface area (Å²) in [6, 6.07) is 18.7. The monoisotopic (exact) mass is 849 g/mol. The number of carbonyl (C=O) groups is 4. The molecule has 1 aliphatic carbocycles. The first kappa shape index (κ1) is 46.4. The molecular formula is C44H58F3N9O5. The Bertz CT molecular complexity index is 2000. The normalized spacial score (nSPS) is 18.4. The lowest BCUT2D eigenvalue weighted by molar-refractivity contribution is -0.148. The Morgan fingerprint density at radius 3 is 2.11 bits per heavy atom. The molecule has 3 aromatic carbocycles. The molecule has 1 aliphatic heterocycles. The van der Waals surface area contributed by atoms with Gasteiger partial charge in [0, 0.05) is 54.8 Å². The number of alkyl halides is 3. The van der Waals surface area contributed by atoms with Gasteiger partial charge < -0.3 is 31.7 Å². The number of nitrogens with one attached hydrogen (secondary N) is 5. The van der Waals surface area contributed by atoms with E-state index in [2.05, 4.69) is 31.9 Å². The van der Waals surface area contributed by atoms with Crippen LogP contribution in [0.15, 0.2) is 71.8 Å². The summed E-state index contributed by atoms with van der Waals surface area (Å²) < 4.78 is 43.7. The number of rotatable bonds is 14. The molecule has 0 spiro atoms. The van der Waals surface area contributed by atoms with E-state index in [1.54, 1.807) is 57.2 Å². The SMILES string of the molecule is Cc1cc(C(=O)NC2CCN(CC(F)(F)F)CC2)ccc1-c1ccc(C[C@H](NC(=O)C2CCC(CNC(=O)OC(C)(C)C)CC2)C(=O)Nc2ccc(/C(N)=N/NN)cc2)cc1. The number of ether oxygens (including phenoxy) is 1. The fourth-order valence-corrected chi connectivity index (χ4v) is 7.70. The molecule has 2 aliphatic rings. The fourth-order valence-electron chi connectivity index (χ4n) is 7.70. The van der Waals surface area contributed by atoms with Crippen LogP contribution in [0.25, 0.3) is 11.1 Å². The Kier molecular flexibility index (Phi) is 15.8. The second-order valence-electron chi connectivity index (χ2n) is 16.9. The molecule has 1 heterocycles. The maximum Gasteiger partial charge on any atom is 0.407 e. The molecule has 0 unspecified atom stereocenters. The lowest BCUT2D eigenvalue weighted by Crippen LogP contribution is -2.48. The summed E-state index contributed by atoms with van der Waals surface area (Å²) in [6.45, 7) is 7.37. The zero-order chi connectivity index (χ0) is 44.3. The molecular weight excluding hydrogens is 792 g/mol. The second kappa shape index (κ2) is 20.7. The van der Waals surface area contributed by atoms with Crippen molar-refractivity contribution in [3.63, 3.8) is 0 Å². The lowest BCUT2D eigenvalue weighted by atomic mass is 9.81. The van der Waals surface area contributed by atoms with Crippen LogP contribution in [-0.2, 0) is 20.7 Å². The highest BCUT2D eigenvalue weighted by atomic mass is 19.4. The molecule has 17 heteroatoms. The Balaban J connectivity index is 1.22. The van der Waals surface area contributed by atoms with Crippen molar-refractivity contribution in [2.45, 2.75) is 96.5 Å². The quantitative estimate of drug-likeness (QED) is 0.0473. The summed E-state index contributed by atoms with van der Waals surface area (Å²) in [5, 5.41) is 15.5. The number of piperidine rings is 1. The number of hydrazine groups is 1. The first-order valence-corrected chi connectivity index (χ1v) is 20.6. The zero-order valence-electron chi connectivity index (χ0n) is 35.2. The molecule has 2 fully saturated rings. The average molecular weight is 850 g/mol. The van der Waals surface area contributed by atoms with Gasteiger partial charge in [-0.25, -0.2) is 16.2 Å². The first-order chi connectivity index (χ1) is 28.9. The van der Waals surface area contributed by atoms with Crippen LogP contribution in [0, 0.1) is 18.8 Å². The van der Waals surface area contributed by atoms with Crippen molar-refractivity contribution in [3.8, 4) is 11.1 Å². The number of amides is 4. The predicted molar refractivity (Wildman–Crippen MR) is 228 cm³/mol. The van der Waals surface area contributed by atoms with Crippen LogP contribution in [0.4, 0.5) is 23.7 Å². The summed E-state index contributed by atoms with van der Waals surface area (Å²) >= 11 is 0. The summed E-state index contributed by atoms with van der Waals surface area (Å²) in [5.74, 6) is 4.43. The zero-order valence-corrected chi connectivity index (χ0v) is 35.2. The Labute approximate surface area is 354 Å². The summed E-state index contributed by atoms with van der Waals surface area (Å²) in [4.78, 5) is 54.1. The van der Waals surface area contributed by atoms with Crippen LogP contribution in [0.5, 0.6) is 0 Å². The predicted octanol–water partition coefficient (Wildman–Crippen LogP) is 5.50. The molecule has 0 radical (unpaired) electrons. The molecule has 1 saturated heterocycles. The lowest BCUT2D eigenvalue weighted by Gasteiger charge is -2.32. The highest BCUT2D eigenvalue weighted by Gasteiger charge is 2.33. The number of anilines is 1. The number of hydrogen-bond acceptors (Lipinski definition) is 9. The van der Waals surface area contributed by atoms with Crippen molar-refractivity contribution in [2.24, 2.45) is 28.5 Å². The van der Waals surface area contributed by atoms with Gasteiger partial charge in [0.2, 0.25) is 11.8 Å². The maximum atomic E-state index is 13.8. The number of hydrogen-bond donors (Lipinski definition) is 7. The minimum atomic E-state index is -4.25. The van der Waals surface area contributed by atoms with Gasteiger partial charge in [-0.05, 0) is 131 Å². The molecule has 4 amide bonds. The molecule has 1 atom stereocenters. The highest BCUT2D eigenvalue weighted by molar-refractivity contribution is 6.00. The molecule has 3 aromatic rings. The van der Waals surface area contributed by atoms with Gasteiger partial charge >= 0.3 is 12.3 Å². The van der Waals surface area contributed by atoms with Gasteiger partial charge in [0.1, 0.15) is 11.6 Å². The molecule has 330 valence electrons. The van der Waals surface area contributed by atoms with Gasteiger partial charge in [0.05, 0.1) is 6.54 Å². The van der Waals surface area contributed by atoms with Gasteiger partial charge in [-0.1, -0.05) is 30.3 Å². The first-order valence-electron chi connectivity index (χ1n) is 20.6. The second-order valence-corrected chi connectivity index (χ2v) is 16.9. The van der Waals surface area contributed by atoms with Gasteiger partial charge in [-0.15, -0.1) is 5.10 Å². The Morgan fingerprint density at radius 2 is 1.52 bits per heavy atom. The van der Waals surface area contributed by atoms with E-state index in [9.17, 15) is 32.3 Å². The van der Waals surface area contributed by atoms with Crippen LogP contribution in [0.2, 0.25) is 0 Å². The number of nitrogens with zero attached hydrogens (tertiary/aromatic N) is 2. The van der Waals surface area contributed by atoms with E-state index in [1.165, 1.54) is 4.90 Å². The van der Waals surface area contributed by atoms with E-state index in [0.717, 1.165) is 35.1 Å². The molecule has 9 N–H and O–H groups in total. The van der Waals surface area contributed by atoms with E-state index < -0.39 is 36.4 Å². The van der Waals surface area contributed by atoms with Crippen molar-refractivity contribution < 1.29 is 37.1 Å². The molecule has 5 rings (SSSR count). The Morgan fingerprint density at radius 1 is 0.885 bits per heavy atom. The standard InChI is InChI=1S/C44H58F3N9O5/c1-27-23-33(40(58)51-35-19-21-56(22-20-35)26-44(45,46)47)15-18-36(27)30-9-5-28(6-10-30)24-37(41(59)52-34-16-13-31(14-17-34)38(48)54-55-49)53-39(57)32-11-7-29(8-12-32)25-50-42(60)61-43(2,3)4/h5-6,9-10,13-18,23,29,32,35,37,55H,7-8,11-12,19-22,24-26,49H2,1-4H3,(H2,48,54)(H,50,60)(H,51,58)(H,52,59)(H,53,57)/t29?,32?,37-/m0/s1. The minimum Gasteiger partial charge on any atom is -0.444 e. The number of carbonyl (C=O) groups excluding carboxylic acids is 4. The number of alkyl carbamates (subject to hydrolysis) is 1. The molecule has 61 heavy (non-hydrogen) atoms. The molecule has 1 saturated carbocycles. The van der Waals surface area contributed by atoms with Crippen molar-refractivity contribution in [3.05, 3.63) is 89.0 Å². The third-order valence-electron chi connectivity index (χ3n) is 10.9. The van der Waals surface area contributed by atoms with Crippen LogP contribution < -0.4 is 38.4 Å². The van der Waals surface area contributed by atoms with Crippen molar-refractivity contribution in [1.29, 1.82) is 0 Å². The third kappa shape index (κ3) is 14.5. The van der Waals surface area contributed by atoms with Crippen molar-refractivity contribution in [1.82, 2.24) is 26.4 Å². The molecule has 0 bridgehead atoms. The van der Waals surface area contributed by atoms with Gasteiger partial charge in [-0.3, -0.25) is 19.3 Å². The number of likely N-dealkylation sites (tertiary alicyclic amines) is 1. The maximum absolute atomic E-state index is 13.8. The highest BCUT2D eigenvalue weighted by Crippen LogP contribution is 2.30. The van der Waals surface area contributed by atoms with Gasteiger partial charge in [0.15, 0.2) is 5.84 Å². The molecule has 0 aromatic heterocycles. The topological polar surface area (TPSA) is 205 Å². The van der Waals surface area contributed by atoms with E-state index >= 15 is 0 Å². The Hall–Kier alpha value is -5.68. The van der Waals surface area contributed by atoms with Crippen LogP contribution >= 0.6 is 0 Å². The van der Waals surface area contributed by atoms with E-state index in [-0.39, 0.29) is 55.0 Å². The van der Waals surface area contributed by atoms with E-state index in [4.69, 9.17) is 16.3 Å². The van der Waals surface area contributed by atoms with Crippen LogP contribution in [-0.4, -0.2) is 84.6 Å². The largest absolute Gasteiger partial charge is 0.444 e. The van der Waals surface area contributed by atoms with Crippen molar-refractivity contribution in [2.75, 3.05) is 31.5 Å². The fraction of sp³-hybridized carbons (Fsp3) is 0.477. The van der Waals surface area contributed by atoms with Gasteiger partial charge in [-0.2, -0.15) is 13.2 Å². The minimum absolute atomic E-state index is 0.167. The number of hydrazone groups is 1. The van der Waals surface area contributed by atoms with E-state index in [1.807, 2.05) is 37.3 Å². The summed E-state index contributed by atoms with van der Waals surface area (Å²) in [5.41, 5.74) is 12.5. The smallest absolute Gasteiger partial charge is 0.407 e. The number of halogens is 3. The average Bonchev–Trinajstić information content (AvgIpc) is 3.20. The number of amidine groups is 1. The summed E-state index contributed by atoms with van der Waals surface area (Å²) in [7, 11) is 0. The van der Waals surface area contributed by atoms with Crippen LogP contribution in [0.1, 0.15) is 86.3 Å². The van der Waals surface area contributed by atoms with Gasteiger partial charge in [0.25, 0.3) is 5.91 Å². The van der Waals surface area contributed by atoms with Crippen LogP contribution in [0.3, 0.4) is 0 Å². The number of aryl methyl sites for hydroxylation is 1. The molecule has 14 nitrogen and oxygen atoms in total. The van der Waals surface area contributed by atoms with E-state index in [0.29, 0.717) is 49.0 Å². The third-order valence-corrected chi connectivity index (χ3v) is 10.9. The van der Waals surface area contributed by atoms with Crippen molar-refractivity contribution >= 4 is 35.3 Å². The number of nitrogens with two attached hydrogens (primary N) is 2.